The van der Waals surface area contributed by atoms with Crippen LogP contribution in [0.15, 0.2) is 35.5 Å². The van der Waals surface area contributed by atoms with Crippen molar-refractivity contribution >= 4 is 17.6 Å². The van der Waals surface area contributed by atoms with Crippen LogP contribution in [0.2, 0.25) is 0 Å². The van der Waals surface area contributed by atoms with E-state index in [0.717, 1.165) is 0 Å². The highest BCUT2D eigenvalue weighted by Gasteiger charge is 2.30. The second-order valence-electron chi connectivity index (χ2n) is 3.74. The van der Waals surface area contributed by atoms with Gasteiger partial charge in [0.05, 0.1) is 5.69 Å². The predicted molar refractivity (Wildman–Crippen MR) is 70.3 cm³/mol. The highest BCUT2D eigenvalue weighted by Crippen LogP contribution is 2.27. The van der Waals surface area contributed by atoms with Crippen molar-refractivity contribution < 1.29 is 17.9 Å². The van der Waals surface area contributed by atoms with Crippen molar-refractivity contribution in [2.75, 3.05) is 12.0 Å². The zero-order chi connectivity index (χ0) is 14.8. The Labute approximate surface area is 117 Å². The van der Waals surface area contributed by atoms with Crippen LogP contribution in [0.1, 0.15) is 0 Å². The minimum Gasteiger partial charge on any atom is -0.406 e. The monoisotopic (exact) mass is 301 g/mol. The van der Waals surface area contributed by atoms with Crippen LogP contribution in [0, 0.1) is 0 Å². The summed E-state index contributed by atoms with van der Waals surface area (Å²) in [6.45, 7) is 0. The smallest absolute Gasteiger partial charge is 0.406 e. The molecule has 2 N–H and O–H groups in total. The third-order valence-electron chi connectivity index (χ3n) is 2.29. The number of anilines is 1. The molecule has 0 amide bonds. The molecule has 0 saturated heterocycles. The summed E-state index contributed by atoms with van der Waals surface area (Å²) in [5.41, 5.74) is 6.82. The first-order chi connectivity index (χ1) is 9.37. The molecule has 1 aromatic heterocycles. The average molecular weight is 301 g/mol. The maximum Gasteiger partial charge on any atom is 0.573 e. The molecule has 0 spiro atoms. The maximum atomic E-state index is 12.1. The Kier molecular flexibility index (Phi) is 4.03. The molecule has 4 nitrogen and oxygen atoms in total. The fraction of sp³-hybridized carbons (Fsp3) is 0.167. The summed E-state index contributed by atoms with van der Waals surface area (Å²) in [5, 5.41) is 0.496. The van der Waals surface area contributed by atoms with E-state index >= 15 is 0 Å². The van der Waals surface area contributed by atoms with Gasteiger partial charge in [0.1, 0.15) is 11.6 Å². The van der Waals surface area contributed by atoms with Crippen LogP contribution in [0.4, 0.5) is 19.0 Å². The molecule has 0 atom stereocenters. The van der Waals surface area contributed by atoms with E-state index in [-0.39, 0.29) is 5.75 Å². The van der Waals surface area contributed by atoms with Crippen molar-refractivity contribution in [1.29, 1.82) is 0 Å². The van der Waals surface area contributed by atoms with Gasteiger partial charge in [-0.2, -0.15) is 0 Å². The van der Waals surface area contributed by atoms with Gasteiger partial charge in [0.2, 0.25) is 0 Å². The first kappa shape index (κ1) is 14.4. The number of nitrogens with zero attached hydrogens (tertiary/aromatic N) is 2. The first-order valence-corrected chi connectivity index (χ1v) is 6.64. The molecule has 2 rings (SSSR count). The SMILES string of the molecule is CSc1nc(N)cc(-c2ccc(OC(F)(F)F)cc2)n1. The Balaban J connectivity index is 2.28. The number of aromatic nitrogens is 2. The third kappa shape index (κ3) is 3.77. The van der Waals surface area contributed by atoms with E-state index in [1.165, 1.54) is 36.0 Å². The molecule has 0 aliphatic heterocycles. The number of nitrogens with two attached hydrogens (primary N) is 1. The van der Waals surface area contributed by atoms with Crippen molar-refractivity contribution in [3.8, 4) is 17.0 Å². The molecule has 0 bridgehead atoms. The van der Waals surface area contributed by atoms with Gasteiger partial charge in [-0.15, -0.1) is 13.2 Å². The Morgan fingerprint density at radius 1 is 1.15 bits per heavy atom. The number of thioether (sulfide) groups is 1. The summed E-state index contributed by atoms with van der Waals surface area (Å²) < 4.78 is 40.0. The number of alkyl halides is 3. The van der Waals surface area contributed by atoms with Crippen molar-refractivity contribution in [1.82, 2.24) is 9.97 Å². The van der Waals surface area contributed by atoms with Gasteiger partial charge in [-0.05, 0) is 30.5 Å². The molecule has 0 aliphatic rings. The fourth-order valence-corrected chi connectivity index (χ4v) is 1.90. The molecule has 1 heterocycles. The van der Waals surface area contributed by atoms with Crippen molar-refractivity contribution in [2.24, 2.45) is 0 Å². The first-order valence-electron chi connectivity index (χ1n) is 5.42. The molecular weight excluding hydrogens is 291 g/mol. The average Bonchev–Trinajstić information content (AvgIpc) is 2.37. The quantitative estimate of drug-likeness (QED) is 0.696. The van der Waals surface area contributed by atoms with Gasteiger partial charge in [0, 0.05) is 11.6 Å². The van der Waals surface area contributed by atoms with Gasteiger partial charge in [0.15, 0.2) is 5.16 Å². The molecule has 0 unspecified atom stereocenters. The van der Waals surface area contributed by atoms with Crippen LogP contribution in [-0.4, -0.2) is 22.6 Å². The second kappa shape index (κ2) is 5.58. The Hall–Kier alpha value is -1.96. The van der Waals surface area contributed by atoms with Gasteiger partial charge >= 0.3 is 6.36 Å². The van der Waals surface area contributed by atoms with Gasteiger partial charge in [-0.1, -0.05) is 11.8 Å². The lowest BCUT2D eigenvalue weighted by atomic mass is 10.1. The highest BCUT2D eigenvalue weighted by atomic mass is 32.2. The number of nitrogen functional groups attached to an aromatic ring is 1. The van der Waals surface area contributed by atoms with Crippen LogP contribution in [0.25, 0.3) is 11.3 Å². The Bertz CT molecular complexity index is 602. The maximum absolute atomic E-state index is 12.1. The summed E-state index contributed by atoms with van der Waals surface area (Å²) in [5.74, 6) is 0.0170. The number of rotatable bonds is 3. The Morgan fingerprint density at radius 3 is 2.35 bits per heavy atom. The second-order valence-corrected chi connectivity index (χ2v) is 4.51. The van der Waals surface area contributed by atoms with Gasteiger partial charge < -0.3 is 10.5 Å². The number of ether oxygens (including phenoxy) is 1. The van der Waals surface area contributed by atoms with E-state index in [4.69, 9.17) is 5.73 Å². The molecule has 0 radical (unpaired) electrons. The third-order valence-corrected chi connectivity index (χ3v) is 2.84. The van der Waals surface area contributed by atoms with E-state index in [9.17, 15) is 13.2 Å². The van der Waals surface area contributed by atoms with E-state index < -0.39 is 6.36 Å². The lowest BCUT2D eigenvalue weighted by Crippen LogP contribution is -2.16. The molecule has 0 aliphatic carbocycles. The number of halogens is 3. The normalized spacial score (nSPS) is 11.4. The van der Waals surface area contributed by atoms with E-state index in [1.54, 1.807) is 12.3 Å². The minimum atomic E-state index is -4.70. The molecule has 2 aromatic rings. The standard InChI is InChI=1S/C12H10F3N3OS/c1-20-11-17-9(6-10(16)18-11)7-2-4-8(5-3-7)19-12(13,14)15/h2-6H,1H3,(H2,16,17,18). The van der Waals surface area contributed by atoms with Crippen LogP contribution in [0.5, 0.6) is 5.75 Å². The fourth-order valence-electron chi connectivity index (χ4n) is 1.51. The van der Waals surface area contributed by atoms with Crippen LogP contribution >= 0.6 is 11.8 Å². The largest absolute Gasteiger partial charge is 0.573 e. The minimum absolute atomic E-state index is 0.284. The summed E-state index contributed by atoms with van der Waals surface area (Å²) in [6.07, 6.45) is -2.90. The van der Waals surface area contributed by atoms with Crippen molar-refractivity contribution in [3.63, 3.8) is 0 Å². The summed E-state index contributed by atoms with van der Waals surface area (Å²) >= 11 is 1.33. The van der Waals surface area contributed by atoms with Crippen molar-refractivity contribution in [2.45, 2.75) is 11.5 Å². The van der Waals surface area contributed by atoms with Crippen molar-refractivity contribution in [3.05, 3.63) is 30.3 Å². The molecular formula is C12H10F3N3OS. The topological polar surface area (TPSA) is 61.0 Å². The molecule has 8 heteroatoms. The number of benzene rings is 1. The highest BCUT2D eigenvalue weighted by molar-refractivity contribution is 7.98. The zero-order valence-electron chi connectivity index (χ0n) is 10.3. The van der Waals surface area contributed by atoms with E-state index in [0.29, 0.717) is 22.2 Å². The molecule has 0 fully saturated rings. The molecule has 106 valence electrons. The lowest BCUT2D eigenvalue weighted by molar-refractivity contribution is -0.274. The summed E-state index contributed by atoms with van der Waals surface area (Å²) in [6, 6.07) is 6.96. The number of hydrogen-bond donors (Lipinski definition) is 1. The van der Waals surface area contributed by atoms with Crippen LogP contribution < -0.4 is 10.5 Å². The van der Waals surface area contributed by atoms with Gasteiger partial charge in [-0.3, -0.25) is 0 Å². The number of hydrogen-bond acceptors (Lipinski definition) is 5. The summed E-state index contributed by atoms with van der Waals surface area (Å²) in [4.78, 5) is 8.24. The molecule has 1 aromatic carbocycles. The molecule has 0 saturated carbocycles. The van der Waals surface area contributed by atoms with Crippen LogP contribution in [0.3, 0.4) is 0 Å². The predicted octanol–water partition coefficient (Wildman–Crippen LogP) is 3.35. The van der Waals surface area contributed by atoms with E-state index in [1.807, 2.05) is 0 Å². The van der Waals surface area contributed by atoms with Gasteiger partial charge in [-0.25, -0.2) is 9.97 Å². The zero-order valence-corrected chi connectivity index (χ0v) is 11.1. The lowest BCUT2D eigenvalue weighted by Gasteiger charge is -2.09. The Morgan fingerprint density at radius 2 is 1.80 bits per heavy atom. The molecule has 20 heavy (non-hydrogen) atoms. The summed E-state index contributed by atoms with van der Waals surface area (Å²) in [7, 11) is 0. The van der Waals surface area contributed by atoms with E-state index in [2.05, 4.69) is 14.7 Å². The van der Waals surface area contributed by atoms with Gasteiger partial charge in [0.25, 0.3) is 0 Å². The van der Waals surface area contributed by atoms with Crippen LogP contribution in [-0.2, 0) is 0 Å².